The monoisotopic (exact) mass is 416 g/mol. The van der Waals surface area contributed by atoms with Crippen molar-refractivity contribution in [1.82, 2.24) is 10.6 Å². The molecule has 0 spiro atoms. The summed E-state index contributed by atoms with van der Waals surface area (Å²) in [7, 11) is 6.39. The molecule has 164 valence electrons. The average Bonchev–Trinajstić information content (AvgIpc) is 2.72. The number of aryl methyl sites for hydroxylation is 2. The lowest BCUT2D eigenvalue weighted by Gasteiger charge is -2.22. The molecule has 0 aliphatic carbocycles. The lowest BCUT2D eigenvalue weighted by atomic mass is 10.0. The van der Waals surface area contributed by atoms with Crippen molar-refractivity contribution in [3.63, 3.8) is 0 Å². The van der Waals surface area contributed by atoms with Crippen LogP contribution in [0.15, 0.2) is 24.3 Å². The zero-order valence-corrected chi connectivity index (χ0v) is 19.0. The van der Waals surface area contributed by atoms with Crippen molar-refractivity contribution in [2.45, 2.75) is 39.8 Å². The fourth-order valence-corrected chi connectivity index (χ4v) is 3.52. The van der Waals surface area contributed by atoms with Gasteiger partial charge in [0, 0.05) is 0 Å². The van der Waals surface area contributed by atoms with Gasteiger partial charge in [0.2, 0.25) is 0 Å². The zero-order chi connectivity index (χ0) is 22.4. The summed E-state index contributed by atoms with van der Waals surface area (Å²) >= 11 is 0. The number of hydrogen-bond acceptors (Lipinski definition) is 5. The van der Waals surface area contributed by atoms with E-state index >= 15 is 0 Å². The number of amides is 2. The van der Waals surface area contributed by atoms with E-state index in [1.165, 1.54) is 0 Å². The predicted octanol–water partition coefficient (Wildman–Crippen LogP) is 4.46. The van der Waals surface area contributed by atoms with Crippen LogP contribution in [0.3, 0.4) is 0 Å². The standard InChI is InChI=1S/C23H32N2O5/c1-13-9-19(27-5)21(29-7)11-17(13)15(3)24-23(26)25-16(4)18-12-22(30-8)20(28-6)10-14(18)2/h9-12,15-16H,1-8H3,(H2,24,25,26). The van der Waals surface area contributed by atoms with Gasteiger partial charge in [0.05, 0.1) is 40.5 Å². The number of methoxy groups -OCH3 is 4. The van der Waals surface area contributed by atoms with Crippen LogP contribution in [-0.2, 0) is 0 Å². The van der Waals surface area contributed by atoms with E-state index in [9.17, 15) is 4.79 Å². The molecule has 0 fully saturated rings. The van der Waals surface area contributed by atoms with Crippen molar-refractivity contribution in [3.05, 3.63) is 46.5 Å². The van der Waals surface area contributed by atoms with Crippen LogP contribution >= 0.6 is 0 Å². The number of carbonyl (C=O) groups excluding carboxylic acids is 1. The molecule has 0 saturated heterocycles. The molecule has 0 aromatic heterocycles. The van der Waals surface area contributed by atoms with Crippen LogP contribution in [0.1, 0.15) is 48.2 Å². The van der Waals surface area contributed by atoms with Gasteiger partial charge in [-0.05, 0) is 74.2 Å². The van der Waals surface area contributed by atoms with Gasteiger partial charge in [0.25, 0.3) is 0 Å². The summed E-state index contributed by atoms with van der Waals surface area (Å²) in [5, 5.41) is 5.99. The fraction of sp³-hybridized carbons (Fsp3) is 0.435. The predicted molar refractivity (Wildman–Crippen MR) is 117 cm³/mol. The third-order valence-corrected chi connectivity index (χ3v) is 5.17. The Morgan fingerprint density at radius 1 is 0.667 bits per heavy atom. The Morgan fingerprint density at radius 3 is 1.27 bits per heavy atom. The number of benzene rings is 2. The van der Waals surface area contributed by atoms with E-state index in [2.05, 4.69) is 10.6 Å². The summed E-state index contributed by atoms with van der Waals surface area (Å²) in [6.07, 6.45) is 0. The minimum Gasteiger partial charge on any atom is -0.493 e. The van der Waals surface area contributed by atoms with Gasteiger partial charge in [0.1, 0.15) is 0 Å². The minimum absolute atomic E-state index is 0.219. The number of hydrogen-bond donors (Lipinski definition) is 2. The molecule has 7 nitrogen and oxygen atoms in total. The van der Waals surface area contributed by atoms with E-state index in [1.54, 1.807) is 28.4 Å². The first-order chi connectivity index (χ1) is 14.2. The Kier molecular flexibility index (Phi) is 7.80. The van der Waals surface area contributed by atoms with E-state index < -0.39 is 0 Å². The van der Waals surface area contributed by atoms with Crippen LogP contribution in [0.5, 0.6) is 23.0 Å². The molecule has 0 radical (unpaired) electrons. The van der Waals surface area contributed by atoms with E-state index in [-0.39, 0.29) is 18.1 Å². The van der Waals surface area contributed by atoms with Gasteiger partial charge in [-0.1, -0.05) is 0 Å². The van der Waals surface area contributed by atoms with Crippen molar-refractivity contribution >= 4 is 6.03 Å². The maximum absolute atomic E-state index is 12.7. The highest BCUT2D eigenvalue weighted by molar-refractivity contribution is 5.75. The normalized spacial score (nSPS) is 12.5. The molecule has 2 unspecified atom stereocenters. The van der Waals surface area contributed by atoms with Gasteiger partial charge < -0.3 is 29.6 Å². The molecule has 0 saturated carbocycles. The van der Waals surface area contributed by atoms with E-state index in [0.717, 1.165) is 22.3 Å². The Bertz CT molecular complexity index is 826. The van der Waals surface area contributed by atoms with Gasteiger partial charge in [-0.3, -0.25) is 0 Å². The second-order valence-corrected chi connectivity index (χ2v) is 7.19. The van der Waals surface area contributed by atoms with Gasteiger partial charge in [-0.15, -0.1) is 0 Å². The molecule has 30 heavy (non-hydrogen) atoms. The lowest BCUT2D eigenvalue weighted by Crippen LogP contribution is -2.38. The fourth-order valence-electron chi connectivity index (χ4n) is 3.52. The molecule has 0 aliphatic rings. The van der Waals surface area contributed by atoms with E-state index in [4.69, 9.17) is 18.9 Å². The zero-order valence-electron chi connectivity index (χ0n) is 19.0. The van der Waals surface area contributed by atoms with Gasteiger partial charge >= 0.3 is 6.03 Å². The number of rotatable bonds is 8. The highest BCUT2D eigenvalue weighted by atomic mass is 16.5. The maximum Gasteiger partial charge on any atom is 0.315 e. The largest absolute Gasteiger partial charge is 0.493 e. The molecule has 2 aromatic carbocycles. The van der Waals surface area contributed by atoms with Crippen LogP contribution in [0, 0.1) is 13.8 Å². The smallest absolute Gasteiger partial charge is 0.315 e. The molecule has 2 rings (SSSR count). The van der Waals surface area contributed by atoms with Crippen LogP contribution in [0.4, 0.5) is 4.79 Å². The molecule has 2 atom stereocenters. The van der Waals surface area contributed by atoms with Gasteiger partial charge in [-0.2, -0.15) is 0 Å². The SMILES string of the molecule is COc1cc(C)c(C(C)NC(=O)NC(C)c2cc(OC)c(OC)cc2C)cc1OC. The highest BCUT2D eigenvalue weighted by Gasteiger charge is 2.19. The van der Waals surface area contributed by atoms with Crippen LogP contribution in [0.25, 0.3) is 0 Å². The van der Waals surface area contributed by atoms with Gasteiger partial charge in [0.15, 0.2) is 23.0 Å². The molecule has 7 heteroatoms. The van der Waals surface area contributed by atoms with Crippen molar-refractivity contribution < 1.29 is 23.7 Å². The molecule has 2 amide bonds. The molecule has 0 aliphatic heterocycles. The summed E-state index contributed by atoms with van der Waals surface area (Å²) in [6.45, 7) is 7.81. The maximum atomic E-state index is 12.7. The van der Waals surface area contributed by atoms with Crippen LogP contribution in [0.2, 0.25) is 0 Å². The molecule has 0 heterocycles. The Morgan fingerprint density at radius 2 is 0.967 bits per heavy atom. The first-order valence-corrected chi connectivity index (χ1v) is 9.77. The molecule has 2 N–H and O–H groups in total. The number of nitrogens with one attached hydrogen (secondary N) is 2. The van der Waals surface area contributed by atoms with Crippen molar-refractivity contribution in [1.29, 1.82) is 0 Å². The van der Waals surface area contributed by atoms with Crippen molar-refractivity contribution in [3.8, 4) is 23.0 Å². The Balaban J connectivity index is 2.14. The third-order valence-electron chi connectivity index (χ3n) is 5.17. The van der Waals surface area contributed by atoms with Crippen LogP contribution < -0.4 is 29.6 Å². The second kappa shape index (κ2) is 10.1. The number of carbonyl (C=O) groups is 1. The quantitative estimate of drug-likeness (QED) is 0.664. The summed E-state index contributed by atoms with van der Waals surface area (Å²) in [5.74, 6) is 2.57. The van der Waals surface area contributed by atoms with Gasteiger partial charge in [-0.25, -0.2) is 4.79 Å². The third kappa shape index (κ3) is 5.09. The molecule has 2 aromatic rings. The molecular formula is C23H32N2O5. The first-order valence-electron chi connectivity index (χ1n) is 9.77. The summed E-state index contributed by atoms with van der Waals surface area (Å²) in [5.41, 5.74) is 3.92. The van der Waals surface area contributed by atoms with E-state index in [0.29, 0.717) is 23.0 Å². The summed E-state index contributed by atoms with van der Waals surface area (Å²) in [6, 6.07) is 6.88. The first kappa shape index (κ1) is 23.2. The number of urea groups is 1. The van der Waals surface area contributed by atoms with Crippen molar-refractivity contribution in [2.75, 3.05) is 28.4 Å². The number of ether oxygens (including phenoxy) is 4. The van der Waals surface area contributed by atoms with Crippen LogP contribution in [-0.4, -0.2) is 34.5 Å². The molecule has 0 bridgehead atoms. The minimum atomic E-state index is -0.265. The topological polar surface area (TPSA) is 78.1 Å². The Labute approximate surface area is 178 Å². The molecular weight excluding hydrogens is 384 g/mol. The second-order valence-electron chi connectivity index (χ2n) is 7.19. The lowest BCUT2D eigenvalue weighted by molar-refractivity contribution is 0.234. The highest BCUT2D eigenvalue weighted by Crippen LogP contribution is 2.34. The summed E-state index contributed by atoms with van der Waals surface area (Å²) < 4.78 is 21.5. The summed E-state index contributed by atoms with van der Waals surface area (Å²) in [4.78, 5) is 12.7. The average molecular weight is 417 g/mol. The van der Waals surface area contributed by atoms with E-state index in [1.807, 2.05) is 52.0 Å². The Hall–Kier alpha value is -3.09. The van der Waals surface area contributed by atoms with Crippen molar-refractivity contribution in [2.24, 2.45) is 0 Å².